The third kappa shape index (κ3) is 4.04. The van der Waals surface area contributed by atoms with Gasteiger partial charge in [-0.1, -0.05) is 36.4 Å². The molecule has 0 bridgehead atoms. The Hall–Kier alpha value is -2.70. The molecule has 3 N–H and O–H groups in total. The molecule has 1 saturated heterocycles. The van der Waals surface area contributed by atoms with Crippen molar-refractivity contribution in [2.45, 2.75) is 38.0 Å². The first-order chi connectivity index (χ1) is 14.0. The molecule has 1 aromatic heterocycles. The van der Waals surface area contributed by atoms with E-state index in [4.69, 9.17) is 5.73 Å². The molecule has 0 radical (unpaired) electrons. The van der Waals surface area contributed by atoms with E-state index in [1.54, 1.807) is 18.2 Å². The van der Waals surface area contributed by atoms with Gasteiger partial charge in [0.05, 0.1) is 5.60 Å². The van der Waals surface area contributed by atoms with Gasteiger partial charge < -0.3 is 15.4 Å². The predicted molar refractivity (Wildman–Crippen MR) is 111 cm³/mol. The van der Waals surface area contributed by atoms with E-state index in [9.17, 15) is 14.3 Å². The maximum atomic E-state index is 14.2. The number of piperidine rings is 1. The van der Waals surface area contributed by atoms with Gasteiger partial charge >= 0.3 is 0 Å². The van der Waals surface area contributed by atoms with Crippen molar-refractivity contribution in [3.63, 3.8) is 0 Å². The molecule has 0 atom stereocenters. The van der Waals surface area contributed by atoms with Gasteiger partial charge in [-0.3, -0.25) is 9.69 Å². The number of para-hydroxylation sites is 1. The van der Waals surface area contributed by atoms with E-state index in [0.717, 1.165) is 17.4 Å². The highest BCUT2D eigenvalue weighted by Crippen LogP contribution is 2.35. The van der Waals surface area contributed by atoms with Crippen LogP contribution in [0, 0.1) is 5.82 Å². The van der Waals surface area contributed by atoms with Gasteiger partial charge in [0.15, 0.2) is 0 Å². The minimum atomic E-state index is -1.11. The van der Waals surface area contributed by atoms with Crippen LogP contribution in [-0.4, -0.2) is 33.6 Å². The van der Waals surface area contributed by atoms with Gasteiger partial charge in [-0.2, -0.15) is 0 Å². The van der Waals surface area contributed by atoms with Crippen LogP contribution in [0.3, 0.4) is 0 Å². The van der Waals surface area contributed by atoms with E-state index in [0.29, 0.717) is 44.5 Å². The second-order valence-electron chi connectivity index (χ2n) is 7.87. The first kappa shape index (κ1) is 19.6. The average Bonchev–Trinajstić information content (AvgIpc) is 3.06. The molecule has 1 amide bonds. The van der Waals surface area contributed by atoms with Crippen molar-refractivity contribution in [3.05, 3.63) is 71.7 Å². The Labute approximate surface area is 169 Å². The first-order valence-corrected chi connectivity index (χ1v) is 10.0. The molecule has 1 aliphatic rings. The lowest BCUT2D eigenvalue weighted by Gasteiger charge is -2.38. The third-order valence-corrected chi connectivity index (χ3v) is 5.92. The van der Waals surface area contributed by atoms with E-state index >= 15 is 0 Å². The highest BCUT2D eigenvalue weighted by atomic mass is 19.1. The highest BCUT2D eigenvalue weighted by Gasteiger charge is 2.36. The first-order valence-electron chi connectivity index (χ1n) is 10.0. The Morgan fingerprint density at radius 2 is 1.79 bits per heavy atom. The van der Waals surface area contributed by atoms with Crippen LogP contribution >= 0.6 is 0 Å². The molecule has 29 heavy (non-hydrogen) atoms. The fraction of sp³-hybridized carbons (Fsp3) is 0.348. The van der Waals surface area contributed by atoms with E-state index in [1.807, 2.05) is 18.2 Å². The SMILES string of the molecule is NC(=O)CCn1cc(CN2CCC(O)(c3ccccc3F)CC2)c2ccccc21. The minimum absolute atomic E-state index is 0.303. The van der Waals surface area contributed by atoms with Gasteiger partial charge in [0.2, 0.25) is 5.91 Å². The number of nitrogens with zero attached hydrogens (tertiary/aromatic N) is 2. The van der Waals surface area contributed by atoms with Crippen LogP contribution in [0.15, 0.2) is 54.7 Å². The molecule has 1 fully saturated rings. The topological polar surface area (TPSA) is 71.5 Å². The van der Waals surface area contributed by atoms with Crippen molar-refractivity contribution in [1.29, 1.82) is 0 Å². The quantitative estimate of drug-likeness (QED) is 0.674. The van der Waals surface area contributed by atoms with Gasteiger partial charge in [0, 0.05) is 55.3 Å². The van der Waals surface area contributed by atoms with Gasteiger partial charge in [0.1, 0.15) is 5.82 Å². The summed E-state index contributed by atoms with van der Waals surface area (Å²) in [5.74, 6) is -0.659. The van der Waals surface area contributed by atoms with E-state index in [2.05, 4.69) is 21.7 Å². The molecule has 4 rings (SSSR count). The Kier molecular flexibility index (Phi) is 5.39. The molecule has 5 nitrogen and oxygen atoms in total. The molecule has 6 heteroatoms. The van der Waals surface area contributed by atoms with Crippen LogP contribution in [0.5, 0.6) is 0 Å². The summed E-state index contributed by atoms with van der Waals surface area (Å²) in [6.07, 6.45) is 3.38. The summed E-state index contributed by atoms with van der Waals surface area (Å²) in [6.45, 7) is 2.68. The van der Waals surface area contributed by atoms with Gasteiger partial charge in [-0.25, -0.2) is 4.39 Å². The number of aromatic nitrogens is 1. The summed E-state index contributed by atoms with van der Waals surface area (Å²) in [4.78, 5) is 13.5. The Balaban J connectivity index is 1.49. The largest absolute Gasteiger partial charge is 0.385 e. The normalized spacial score (nSPS) is 16.9. The molecule has 2 heterocycles. The van der Waals surface area contributed by atoms with Crippen molar-refractivity contribution in [1.82, 2.24) is 9.47 Å². The molecule has 0 unspecified atom stereocenters. The van der Waals surface area contributed by atoms with Gasteiger partial charge in [0.25, 0.3) is 0 Å². The number of nitrogens with two attached hydrogens (primary N) is 1. The van der Waals surface area contributed by atoms with Crippen LogP contribution in [0.1, 0.15) is 30.4 Å². The summed E-state index contributed by atoms with van der Waals surface area (Å²) in [7, 11) is 0. The van der Waals surface area contributed by atoms with Crippen molar-refractivity contribution in [3.8, 4) is 0 Å². The number of fused-ring (bicyclic) bond motifs is 1. The predicted octanol–water partition coefficient (Wildman–Crippen LogP) is 3.14. The lowest BCUT2D eigenvalue weighted by Crippen LogP contribution is -2.42. The highest BCUT2D eigenvalue weighted by molar-refractivity contribution is 5.84. The zero-order chi connectivity index (χ0) is 20.4. The van der Waals surface area contributed by atoms with Gasteiger partial charge in [-0.05, 0) is 30.5 Å². The number of primary amides is 1. The van der Waals surface area contributed by atoms with Crippen LogP contribution in [0.4, 0.5) is 4.39 Å². The zero-order valence-corrected chi connectivity index (χ0v) is 16.4. The summed E-state index contributed by atoms with van der Waals surface area (Å²) < 4.78 is 16.2. The number of carbonyl (C=O) groups excluding carboxylic acids is 1. The van der Waals surface area contributed by atoms with Crippen LogP contribution in [-0.2, 0) is 23.5 Å². The number of likely N-dealkylation sites (tertiary alicyclic amines) is 1. The second-order valence-corrected chi connectivity index (χ2v) is 7.87. The van der Waals surface area contributed by atoms with Crippen molar-refractivity contribution < 1.29 is 14.3 Å². The number of rotatable bonds is 6. The summed E-state index contributed by atoms with van der Waals surface area (Å²) in [6, 6.07) is 14.6. The summed E-state index contributed by atoms with van der Waals surface area (Å²) in [5.41, 5.74) is 6.86. The van der Waals surface area contributed by atoms with Crippen molar-refractivity contribution in [2.24, 2.45) is 5.73 Å². The molecule has 0 spiro atoms. The lowest BCUT2D eigenvalue weighted by molar-refractivity contribution is -0.118. The summed E-state index contributed by atoms with van der Waals surface area (Å²) >= 11 is 0. The van der Waals surface area contributed by atoms with Gasteiger partial charge in [-0.15, -0.1) is 0 Å². The van der Waals surface area contributed by atoms with Crippen LogP contribution < -0.4 is 5.73 Å². The number of hydrogen-bond acceptors (Lipinski definition) is 3. The monoisotopic (exact) mass is 395 g/mol. The standard InChI is InChI=1S/C23H26FN3O2/c24-20-7-3-2-6-19(20)23(29)10-13-26(14-11-23)15-17-16-27(12-9-22(25)28)21-8-4-1-5-18(17)21/h1-8,16,29H,9-15H2,(H2,25,28). The molecule has 3 aromatic rings. The number of aryl methyl sites for hydroxylation is 1. The Bertz CT molecular complexity index is 1020. The average molecular weight is 395 g/mol. The second kappa shape index (κ2) is 7.97. The van der Waals surface area contributed by atoms with Crippen LogP contribution in [0.2, 0.25) is 0 Å². The molecule has 152 valence electrons. The van der Waals surface area contributed by atoms with Crippen LogP contribution in [0.25, 0.3) is 10.9 Å². The number of halogens is 1. The Morgan fingerprint density at radius 1 is 1.10 bits per heavy atom. The summed E-state index contributed by atoms with van der Waals surface area (Å²) in [5, 5.41) is 12.1. The molecular formula is C23H26FN3O2. The number of amides is 1. The molecule has 1 aliphatic heterocycles. The fourth-order valence-electron chi connectivity index (χ4n) is 4.29. The zero-order valence-electron chi connectivity index (χ0n) is 16.4. The minimum Gasteiger partial charge on any atom is -0.385 e. The van der Waals surface area contributed by atoms with E-state index < -0.39 is 5.60 Å². The molecule has 0 aliphatic carbocycles. The molecule has 0 saturated carbocycles. The molecular weight excluding hydrogens is 369 g/mol. The van der Waals surface area contributed by atoms with Crippen molar-refractivity contribution in [2.75, 3.05) is 13.1 Å². The number of hydrogen-bond donors (Lipinski definition) is 2. The third-order valence-electron chi connectivity index (χ3n) is 5.92. The maximum Gasteiger partial charge on any atom is 0.219 e. The number of carbonyl (C=O) groups is 1. The smallest absolute Gasteiger partial charge is 0.219 e. The molecule has 2 aromatic carbocycles. The lowest BCUT2D eigenvalue weighted by atomic mass is 9.84. The fourth-order valence-corrected chi connectivity index (χ4v) is 4.29. The van der Waals surface area contributed by atoms with E-state index in [1.165, 1.54) is 11.6 Å². The maximum absolute atomic E-state index is 14.2. The van der Waals surface area contributed by atoms with Crippen molar-refractivity contribution >= 4 is 16.8 Å². The number of benzene rings is 2. The number of aliphatic hydroxyl groups is 1. The van der Waals surface area contributed by atoms with E-state index in [-0.39, 0.29) is 11.7 Å². The Morgan fingerprint density at radius 3 is 2.52 bits per heavy atom.